The van der Waals surface area contributed by atoms with E-state index in [9.17, 15) is 18.0 Å². The van der Waals surface area contributed by atoms with E-state index < -0.39 is 27.9 Å². The summed E-state index contributed by atoms with van der Waals surface area (Å²) >= 11 is 1.51. The van der Waals surface area contributed by atoms with Gasteiger partial charge in [-0.25, -0.2) is 18.4 Å². The Morgan fingerprint density at radius 2 is 2.00 bits per heavy atom. The molecule has 1 atom stereocenters. The number of nitrogens with one attached hydrogen (secondary N) is 1. The van der Waals surface area contributed by atoms with Crippen molar-refractivity contribution in [2.24, 2.45) is 5.14 Å². The Hall–Kier alpha value is -1.78. The lowest BCUT2D eigenvalue weighted by Crippen LogP contribution is -2.42. The number of methoxy groups -OCH3 is 2. The highest BCUT2D eigenvalue weighted by molar-refractivity contribution is 7.98. The van der Waals surface area contributed by atoms with Gasteiger partial charge in [0, 0.05) is 0 Å². The number of hydrogen-bond donors (Lipinski definition) is 2. The zero-order chi connectivity index (χ0) is 18.3. The number of sulfonamides is 1. The minimum atomic E-state index is -3.98. The van der Waals surface area contributed by atoms with Gasteiger partial charge in [-0.3, -0.25) is 4.79 Å². The lowest BCUT2D eigenvalue weighted by molar-refractivity contribution is -0.142. The van der Waals surface area contributed by atoms with Gasteiger partial charge in [0.1, 0.15) is 11.8 Å². The van der Waals surface area contributed by atoms with E-state index in [0.717, 1.165) is 6.07 Å². The van der Waals surface area contributed by atoms with Crippen molar-refractivity contribution in [3.05, 3.63) is 23.8 Å². The largest absolute Gasteiger partial charge is 0.496 e. The minimum Gasteiger partial charge on any atom is -0.496 e. The standard InChI is InChI=1S/C14H20N2O6S2/c1-21-12-5-4-9(24(15,19)20)8-10(12)13(17)16-11(6-7-23-3)14(18)22-2/h4-5,8,11H,6-7H2,1-3H3,(H,16,17)(H2,15,19,20)/t11-/m1/s1. The lowest BCUT2D eigenvalue weighted by atomic mass is 10.1. The zero-order valence-corrected chi connectivity index (χ0v) is 15.2. The van der Waals surface area contributed by atoms with Crippen LogP contribution >= 0.6 is 11.8 Å². The number of benzene rings is 1. The van der Waals surface area contributed by atoms with Crippen molar-refractivity contribution in [1.29, 1.82) is 0 Å². The van der Waals surface area contributed by atoms with E-state index >= 15 is 0 Å². The molecule has 0 saturated heterocycles. The summed E-state index contributed by atoms with van der Waals surface area (Å²) in [4.78, 5) is 24.0. The third-order valence-corrected chi connectivity index (χ3v) is 4.70. The molecule has 0 unspecified atom stereocenters. The molecule has 0 aliphatic carbocycles. The molecule has 0 bridgehead atoms. The van der Waals surface area contributed by atoms with Crippen LogP contribution in [0.1, 0.15) is 16.8 Å². The van der Waals surface area contributed by atoms with E-state index in [0.29, 0.717) is 12.2 Å². The van der Waals surface area contributed by atoms with Crippen molar-refractivity contribution in [2.75, 3.05) is 26.2 Å². The molecule has 0 radical (unpaired) electrons. The fourth-order valence-corrected chi connectivity index (χ4v) is 2.92. The van der Waals surface area contributed by atoms with Crippen LogP contribution in [0.3, 0.4) is 0 Å². The van der Waals surface area contributed by atoms with E-state index in [1.165, 1.54) is 38.1 Å². The van der Waals surface area contributed by atoms with E-state index in [1.807, 2.05) is 6.26 Å². The third-order valence-electron chi connectivity index (χ3n) is 3.15. The number of thioether (sulfide) groups is 1. The van der Waals surface area contributed by atoms with Crippen molar-refractivity contribution < 1.29 is 27.5 Å². The molecular formula is C14H20N2O6S2. The molecule has 8 nitrogen and oxygen atoms in total. The van der Waals surface area contributed by atoms with Crippen LogP contribution in [0.25, 0.3) is 0 Å². The van der Waals surface area contributed by atoms with Crippen LogP contribution in [-0.4, -0.2) is 52.6 Å². The topological polar surface area (TPSA) is 125 Å². The number of carbonyl (C=O) groups excluding carboxylic acids is 2. The fraction of sp³-hybridized carbons (Fsp3) is 0.429. The predicted molar refractivity (Wildman–Crippen MR) is 90.6 cm³/mol. The maximum Gasteiger partial charge on any atom is 0.328 e. The zero-order valence-electron chi connectivity index (χ0n) is 13.6. The van der Waals surface area contributed by atoms with Gasteiger partial charge in [0.15, 0.2) is 0 Å². The number of carbonyl (C=O) groups is 2. The number of amides is 1. The van der Waals surface area contributed by atoms with Crippen molar-refractivity contribution in [2.45, 2.75) is 17.4 Å². The van der Waals surface area contributed by atoms with E-state index in [4.69, 9.17) is 9.88 Å². The molecule has 134 valence electrons. The first kappa shape index (κ1) is 20.3. The van der Waals surface area contributed by atoms with Crippen LogP contribution in [0.5, 0.6) is 5.75 Å². The Morgan fingerprint density at radius 3 is 2.50 bits per heavy atom. The van der Waals surface area contributed by atoms with Crippen molar-refractivity contribution in [3.8, 4) is 5.75 Å². The second-order valence-corrected chi connectivity index (χ2v) is 7.28. The predicted octanol–water partition coefficient (Wildman–Crippen LogP) is 0.367. The molecule has 0 aromatic heterocycles. The molecule has 24 heavy (non-hydrogen) atoms. The van der Waals surface area contributed by atoms with Crippen LogP contribution in [-0.2, 0) is 19.6 Å². The van der Waals surface area contributed by atoms with Crippen molar-refractivity contribution in [1.82, 2.24) is 5.32 Å². The molecule has 1 aromatic rings. The van der Waals surface area contributed by atoms with Gasteiger partial charge in [-0.1, -0.05) is 0 Å². The Labute approximate surface area is 145 Å². The Bertz CT molecular complexity index is 705. The van der Waals surface area contributed by atoms with Crippen LogP contribution in [0, 0.1) is 0 Å². The van der Waals surface area contributed by atoms with Crippen molar-refractivity contribution >= 4 is 33.7 Å². The number of nitrogens with two attached hydrogens (primary N) is 1. The van der Waals surface area contributed by atoms with Crippen LogP contribution in [0.15, 0.2) is 23.1 Å². The number of rotatable bonds is 8. The third kappa shape index (κ3) is 5.39. The Balaban J connectivity index is 3.13. The first-order chi connectivity index (χ1) is 11.2. The average Bonchev–Trinajstić information content (AvgIpc) is 2.56. The van der Waals surface area contributed by atoms with E-state index in [1.54, 1.807) is 0 Å². The monoisotopic (exact) mass is 376 g/mol. The van der Waals surface area contributed by atoms with Gasteiger partial charge < -0.3 is 14.8 Å². The summed E-state index contributed by atoms with van der Waals surface area (Å²) in [6, 6.07) is 2.81. The molecule has 1 rings (SSSR count). The second kappa shape index (κ2) is 8.90. The highest BCUT2D eigenvalue weighted by Crippen LogP contribution is 2.22. The van der Waals surface area contributed by atoms with Crippen LogP contribution in [0.4, 0.5) is 0 Å². The molecular weight excluding hydrogens is 356 g/mol. The molecule has 0 spiro atoms. The number of primary sulfonamides is 1. The minimum absolute atomic E-state index is 0.0397. The first-order valence-electron chi connectivity index (χ1n) is 6.83. The van der Waals surface area contributed by atoms with Gasteiger partial charge in [0.2, 0.25) is 10.0 Å². The SMILES string of the molecule is COC(=O)[C@@H](CCSC)NC(=O)c1cc(S(N)(=O)=O)ccc1OC. The number of esters is 1. The molecule has 10 heteroatoms. The van der Waals surface area contributed by atoms with Gasteiger partial charge in [-0.15, -0.1) is 0 Å². The quantitative estimate of drug-likeness (QED) is 0.628. The molecule has 3 N–H and O–H groups in total. The number of ether oxygens (including phenoxy) is 2. The Kier molecular flexibility index (Phi) is 7.52. The normalized spacial score (nSPS) is 12.3. The molecule has 0 saturated carbocycles. The van der Waals surface area contributed by atoms with E-state index in [-0.39, 0.29) is 16.2 Å². The van der Waals surface area contributed by atoms with Gasteiger partial charge in [0.25, 0.3) is 5.91 Å². The summed E-state index contributed by atoms with van der Waals surface area (Å²) in [6.45, 7) is 0. The maximum absolute atomic E-state index is 12.5. The van der Waals surface area contributed by atoms with Gasteiger partial charge in [-0.2, -0.15) is 11.8 Å². The first-order valence-corrected chi connectivity index (χ1v) is 9.77. The van der Waals surface area contributed by atoms with Crippen LogP contribution < -0.4 is 15.2 Å². The summed E-state index contributed by atoms with van der Waals surface area (Å²) in [5, 5.41) is 7.61. The molecule has 0 aliphatic rings. The molecule has 0 fully saturated rings. The average molecular weight is 376 g/mol. The molecule has 0 heterocycles. The van der Waals surface area contributed by atoms with Crippen LogP contribution in [0.2, 0.25) is 0 Å². The molecule has 1 aromatic carbocycles. The highest BCUT2D eigenvalue weighted by atomic mass is 32.2. The van der Waals surface area contributed by atoms with Gasteiger partial charge >= 0.3 is 5.97 Å². The lowest BCUT2D eigenvalue weighted by Gasteiger charge is -2.17. The second-order valence-electron chi connectivity index (χ2n) is 4.74. The summed E-state index contributed by atoms with van der Waals surface area (Å²) in [5.41, 5.74) is -0.0397. The Morgan fingerprint density at radius 1 is 1.33 bits per heavy atom. The maximum atomic E-state index is 12.5. The summed E-state index contributed by atoms with van der Waals surface area (Å²) in [6.07, 6.45) is 2.24. The summed E-state index contributed by atoms with van der Waals surface area (Å²) in [7, 11) is -1.41. The fourth-order valence-electron chi connectivity index (χ4n) is 1.90. The smallest absolute Gasteiger partial charge is 0.328 e. The summed E-state index contributed by atoms with van der Waals surface area (Å²) in [5.74, 6) is -0.449. The van der Waals surface area contributed by atoms with Gasteiger partial charge in [-0.05, 0) is 36.6 Å². The molecule has 1 amide bonds. The van der Waals surface area contributed by atoms with E-state index in [2.05, 4.69) is 10.1 Å². The van der Waals surface area contributed by atoms with Gasteiger partial charge in [0.05, 0.1) is 24.7 Å². The number of hydrogen-bond acceptors (Lipinski definition) is 7. The van der Waals surface area contributed by atoms with Crippen molar-refractivity contribution in [3.63, 3.8) is 0 Å². The summed E-state index contributed by atoms with van der Waals surface area (Å²) < 4.78 is 32.6. The highest BCUT2D eigenvalue weighted by Gasteiger charge is 2.24. The molecule has 0 aliphatic heterocycles.